The molecule has 158 valence electrons. The van der Waals surface area contributed by atoms with Crippen LogP contribution in [-0.2, 0) is 16.4 Å². The maximum atomic E-state index is 12.4. The van der Waals surface area contributed by atoms with Gasteiger partial charge in [0.1, 0.15) is 6.54 Å². The van der Waals surface area contributed by atoms with Crippen LogP contribution < -0.4 is 15.4 Å². The van der Waals surface area contributed by atoms with E-state index in [0.29, 0.717) is 11.3 Å². The van der Waals surface area contributed by atoms with Gasteiger partial charge in [-0.15, -0.1) is 11.3 Å². The monoisotopic (exact) mass is 449 g/mol. The second-order valence-corrected chi connectivity index (χ2v) is 8.98. The van der Waals surface area contributed by atoms with Gasteiger partial charge < -0.3 is 10.6 Å². The summed E-state index contributed by atoms with van der Waals surface area (Å²) >= 11 is 1.14. The molecule has 0 aliphatic heterocycles. The number of carbonyl (C=O) groups excluding carboxylic acids is 2. The number of amides is 2. The van der Waals surface area contributed by atoms with Gasteiger partial charge in [-0.3, -0.25) is 9.59 Å². The third-order valence-electron chi connectivity index (χ3n) is 3.49. The molecule has 1 aromatic carbocycles. The van der Waals surface area contributed by atoms with Crippen LogP contribution in [0.1, 0.15) is 24.9 Å². The lowest BCUT2D eigenvalue weighted by molar-refractivity contribution is -0.123. The van der Waals surface area contributed by atoms with E-state index in [4.69, 9.17) is 0 Å². The van der Waals surface area contributed by atoms with Gasteiger partial charge in [-0.05, 0) is 30.7 Å². The van der Waals surface area contributed by atoms with E-state index in [1.165, 1.54) is 24.3 Å². The highest BCUT2D eigenvalue weighted by Crippen LogP contribution is 2.21. The molecule has 7 nitrogen and oxygen atoms in total. The Balaban J connectivity index is 2.03. The van der Waals surface area contributed by atoms with E-state index in [-0.39, 0.29) is 17.8 Å². The lowest BCUT2D eigenvalue weighted by Gasteiger charge is -2.12. The highest BCUT2D eigenvalue weighted by Gasteiger charge is 2.28. The Bertz CT molecular complexity index is 988. The lowest BCUT2D eigenvalue weighted by atomic mass is 10.1. The summed E-state index contributed by atoms with van der Waals surface area (Å²) in [6.45, 7) is -1.30. The van der Waals surface area contributed by atoms with Crippen LogP contribution in [0, 0.1) is 0 Å². The van der Waals surface area contributed by atoms with Crippen molar-refractivity contribution in [3.05, 3.63) is 51.7 Å². The molecular formula is C17H18F3N3O4S2. The number of halogens is 3. The highest BCUT2D eigenvalue weighted by atomic mass is 32.2. The van der Waals surface area contributed by atoms with E-state index in [0.717, 1.165) is 22.5 Å². The fraction of sp³-hybridized carbons (Fsp3) is 0.294. The largest absolute Gasteiger partial charge is 0.405 e. The van der Waals surface area contributed by atoms with Crippen molar-refractivity contribution in [3.8, 4) is 0 Å². The molecule has 2 aromatic rings. The number of hydrogen-bond acceptors (Lipinski definition) is 5. The van der Waals surface area contributed by atoms with Gasteiger partial charge >= 0.3 is 6.18 Å². The van der Waals surface area contributed by atoms with Crippen molar-refractivity contribution in [2.24, 2.45) is 0 Å². The highest BCUT2D eigenvalue weighted by molar-refractivity contribution is 7.88. The van der Waals surface area contributed by atoms with Crippen LogP contribution in [0.25, 0.3) is 0 Å². The molecule has 0 fully saturated rings. The first-order chi connectivity index (χ1) is 13.4. The summed E-state index contributed by atoms with van der Waals surface area (Å²) in [6.07, 6.45) is -3.11. The molecule has 0 radical (unpaired) electrons. The molecule has 2 rings (SSSR count). The summed E-state index contributed by atoms with van der Waals surface area (Å²) in [5, 5.41) is 4.28. The number of nitrogens with one attached hydrogen (secondary N) is 3. The number of benzene rings is 1. The predicted molar refractivity (Wildman–Crippen MR) is 104 cm³/mol. The van der Waals surface area contributed by atoms with Crippen molar-refractivity contribution in [2.75, 3.05) is 24.7 Å². The molecule has 29 heavy (non-hydrogen) atoms. The molecule has 12 heteroatoms. The molecule has 0 bridgehead atoms. The number of hydrogen-bond donors (Lipinski definition) is 3. The molecule has 2 amide bonds. The zero-order chi connectivity index (χ0) is 21.7. The first-order valence-corrected chi connectivity index (χ1v) is 10.9. The van der Waals surface area contributed by atoms with E-state index in [2.05, 4.69) is 10.0 Å². The zero-order valence-electron chi connectivity index (χ0n) is 15.2. The second kappa shape index (κ2) is 9.37. The SMILES string of the molecule is CS(=O)(=O)NCCc1ccc(C(=O)Nc2ccccc2C(=O)NCC(F)(F)F)s1. The molecule has 0 aliphatic carbocycles. The summed E-state index contributed by atoms with van der Waals surface area (Å²) in [5.41, 5.74) is -0.0231. The quantitative estimate of drug-likeness (QED) is 0.576. The number of carbonyl (C=O) groups is 2. The summed E-state index contributed by atoms with van der Waals surface area (Å²) in [6, 6.07) is 8.93. The second-order valence-electron chi connectivity index (χ2n) is 5.98. The van der Waals surface area contributed by atoms with Crippen LogP contribution in [-0.4, -0.2) is 45.8 Å². The average Bonchev–Trinajstić information content (AvgIpc) is 3.07. The van der Waals surface area contributed by atoms with Crippen molar-refractivity contribution in [1.29, 1.82) is 0 Å². The minimum absolute atomic E-state index is 0.0749. The fourth-order valence-corrected chi connectivity index (χ4v) is 3.62. The van der Waals surface area contributed by atoms with Crippen LogP contribution in [0.2, 0.25) is 0 Å². The molecule has 0 unspecified atom stereocenters. The standard InChI is InChI=1S/C17H18F3N3O4S2/c1-29(26,27)22-9-8-11-6-7-14(28-11)16(25)23-13-5-3-2-4-12(13)15(24)21-10-17(18,19)20/h2-7,22H,8-10H2,1H3,(H,21,24)(H,23,25). The number of para-hydroxylation sites is 1. The molecule has 0 spiro atoms. The Hall–Kier alpha value is -2.44. The Labute approximate surface area is 169 Å². The molecule has 0 saturated heterocycles. The Morgan fingerprint density at radius 2 is 1.76 bits per heavy atom. The number of thiophene rings is 1. The van der Waals surface area contributed by atoms with Crippen molar-refractivity contribution in [1.82, 2.24) is 10.0 Å². The zero-order valence-corrected chi connectivity index (χ0v) is 16.8. The van der Waals surface area contributed by atoms with E-state index in [9.17, 15) is 31.2 Å². The summed E-state index contributed by atoms with van der Waals surface area (Å²) in [4.78, 5) is 25.5. The van der Waals surface area contributed by atoms with Crippen molar-refractivity contribution < 1.29 is 31.2 Å². The Morgan fingerprint density at radius 3 is 2.41 bits per heavy atom. The van der Waals surface area contributed by atoms with Gasteiger partial charge in [0.2, 0.25) is 10.0 Å². The van der Waals surface area contributed by atoms with E-state index < -0.39 is 34.6 Å². The van der Waals surface area contributed by atoms with E-state index in [1.54, 1.807) is 17.4 Å². The van der Waals surface area contributed by atoms with Crippen molar-refractivity contribution >= 4 is 38.9 Å². The van der Waals surface area contributed by atoms with Gasteiger partial charge in [0.15, 0.2) is 0 Å². The van der Waals surface area contributed by atoms with Crippen LogP contribution in [0.3, 0.4) is 0 Å². The topological polar surface area (TPSA) is 104 Å². The Kier molecular flexibility index (Phi) is 7.38. The Morgan fingerprint density at radius 1 is 1.07 bits per heavy atom. The first kappa shape index (κ1) is 22.8. The van der Waals surface area contributed by atoms with Gasteiger partial charge in [0, 0.05) is 11.4 Å². The first-order valence-electron chi connectivity index (χ1n) is 8.23. The minimum atomic E-state index is -4.55. The van der Waals surface area contributed by atoms with Crippen molar-refractivity contribution in [2.45, 2.75) is 12.6 Å². The normalized spacial score (nSPS) is 11.9. The fourth-order valence-electron chi connectivity index (χ4n) is 2.24. The maximum absolute atomic E-state index is 12.4. The molecule has 1 heterocycles. The number of anilines is 1. The summed E-state index contributed by atoms with van der Waals surface area (Å²) in [7, 11) is -3.30. The summed E-state index contributed by atoms with van der Waals surface area (Å²) < 4.78 is 61.4. The van der Waals surface area contributed by atoms with Crippen LogP contribution in [0.4, 0.5) is 18.9 Å². The van der Waals surface area contributed by atoms with Gasteiger partial charge in [0.05, 0.1) is 22.4 Å². The molecule has 0 aliphatic rings. The molecule has 0 saturated carbocycles. The number of alkyl halides is 3. The smallest absolute Gasteiger partial charge is 0.343 e. The van der Waals surface area contributed by atoms with Gasteiger partial charge in [0.25, 0.3) is 11.8 Å². The van der Waals surface area contributed by atoms with E-state index in [1.807, 2.05) is 0 Å². The van der Waals surface area contributed by atoms with Gasteiger partial charge in [-0.2, -0.15) is 13.2 Å². The number of sulfonamides is 1. The van der Waals surface area contributed by atoms with Gasteiger partial charge in [-0.25, -0.2) is 13.1 Å². The van der Waals surface area contributed by atoms with Crippen molar-refractivity contribution in [3.63, 3.8) is 0 Å². The third-order valence-corrected chi connectivity index (χ3v) is 5.36. The maximum Gasteiger partial charge on any atom is 0.405 e. The average molecular weight is 449 g/mol. The van der Waals surface area contributed by atoms with Crippen LogP contribution in [0.15, 0.2) is 36.4 Å². The van der Waals surface area contributed by atoms with Crippen LogP contribution in [0.5, 0.6) is 0 Å². The number of rotatable bonds is 8. The molecule has 0 atom stereocenters. The van der Waals surface area contributed by atoms with Gasteiger partial charge in [-0.1, -0.05) is 12.1 Å². The lowest BCUT2D eigenvalue weighted by Crippen LogP contribution is -2.34. The predicted octanol–water partition coefficient (Wildman–Crippen LogP) is 2.38. The summed E-state index contributed by atoms with van der Waals surface area (Å²) in [5.74, 6) is -1.50. The molecule has 1 aromatic heterocycles. The van der Waals surface area contributed by atoms with Crippen LogP contribution >= 0.6 is 11.3 Å². The third kappa shape index (κ3) is 7.83. The molecule has 3 N–H and O–H groups in total. The minimum Gasteiger partial charge on any atom is -0.343 e. The van der Waals surface area contributed by atoms with E-state index >= 15 is 0 Å². The molecular weight excluding hydrogens is 431 g/mol.